The van der Waals surface area contributed by atoms with Crippen molar-refractivity contribution >= 4 is 11.9 Å². The molecule has 2 saturated carbocycles. The molecule has 3 unspecified atom stereocenters. The van der Waals surface area contributed by atoms with E-state index in [1.807, 2.05) is 18.5 Å². The van der Waals surface area contributed by atoms with Crippen LogP contribution < -0.4 is 0 Å². The zero-order chi connectivity index (χ0) is 18.5. The molecule has 7 heteroatoms. The molecule has 0 amide bonds. The van der Waals surface area contributed by atoms with Gasteiger partial charge in [-0.05, 0) is 42.7 Å². The average Bonchev–Trinajstić information content (AvgIpc) is 3.27. The number of aromatic nitrogens is 1. The van der Waals surface area contributed by atoms with Crippen LogP contribution in [0, 0.1) is 11.8 Å². The predicted octanol–water partition coefficient (Wildman–Crippen LogP) is 1.54. The van der Waals surface area contributed by atoms with Crippen LogP contribution in [0.3, 0.4) is 0 Å². The molecule has 0 spiro atoms. The van der Waals surface area contributed by atoms with Gasteiger partial charge in [0.2, 0.25) is 0 Å². The van der Waals surface area contributed by atoms with E-state index < -0.39 is 11.9 Å². The molecule has 7 nitrogen and oxygen atoms in total. The van der Waals surface area contributed by atoms with Crippen LogP contribution in [0.25, 0.3) is 0 Å². The third-order valence-corrected chi connectivity index (χ3v) is 5.89. The summed E-state index contributed by atoms with van der Waals surface area (Å²) in [6, 6.07) is 5.16. The van der Waals surface area contributed by atoms with Gasteiger partial charge < -0.3 is 10.2 Å². The Kier molecular flexibility index (Phi) is 6.21. The molecule has 3 fully saturated rings. The van der Waals surface area contributed by atoms with Gasteiger partial charge in [-0.3, -0.25) is 14.8 Å². The fourth-order valence-corrected chi connectivity index (χ4v) is 4.66. The van der Waals surface area contributed by atoms with Crippen molar-refractivity contribution in [3.63, 3.8) is 0 Å². The second kappa shape index (κ2) is 8.60. The van der Waals surface area contributed by atoms with E-state index in [0.29, 0.717) is 0 Å². The monoisotopic (exact) mass is 361 g/mol. The summed E-state index contributed by atoms with van der Waals surface area (Å²) in [5.74, 6) is -1.55. The number of fused-ring (bicyclic) bond motifs is 2. The Morgan fingerprint density at radius 1 is 1.08 bits per heavy atom. The molecule has 1 saturated heterocycles. The van der Waals surface area contributed by atoms with Crippen molar-refractivity contribution < 1.29 is 19.8 Å². The molecule has 142 valence electrons. The minimum Gasteiger partial charge on any atom is -0.473 e. The molecule has 2 bridgehead atoms. The second-order valence-electron chi connectivity index (χ2n) is 7.53. The zero-order valence-electron chi connectivity index (χ0n) is 15.0. The van der Waals surface area contributed by atoms with Gasteiger partial charge in [0.15, 0.2) is 0 Å². The number of nitrogens with zero attached hydrogens (tertiary/aromatic N) is 3. The van der Waals surface area contributed by atoms with Crippen LogP contribution in [-0.4, -0.2) is 69.2 Å². The molecule has 3 atom stereocenters. The SMILES string of the molecule is O=C(O)C(=O)O.c1cncc(CN2CCN(C3CC4CCC3C4)CC2)c1. The first-order chi connectivity index (χ1) is 12.5. The molecule has 1 aromatic heterocycles. The minimum absolute atomic E-state index is 0.925. The highest BCUT2D eigenvalue weighted by molar-refractivity contribution is 6.27. The van der Waals surface area contributed by atoms with E-state index in [-0.39, 0.29) is 0 Å². The number of hydrogen-bond acceptors (Lipinski definition) is 5. The Morgan fingerprint density at radius 2 is 1.81 bits per heavy atom. The summed E-state index contributed by atoms with van der Waals surface area (Å²) in [6.07, 6.45) is 9.90. The summed E-state index contributed by atoms with van der Waals surface area (Å²) in [4.78, 5) is 27.8. The van der Waals surface area contributed by atoms with E-state index in [0.717, 1.165) is 24.4 Å². The highest BCUT2D eigenvalue weighted by atomic mass is 16.4. The van der Waals surface area contributed by atoms with Gasteiger partial charge in [-0.1, -0.05) is 12.5 Å². The van der Waals surface area contributed by atoms with Gasteiger partial charge in [0.25, 0.3) is 0 Å². The molecule has 4 rings (SSSR count). The number of carbonyl (C=O) groups is 2. The van der Waals surface area contributed by atoms with Crippen LogP contribution in [0.2, 0.25) is 0 Å². The fraction of sp³-hybridized carbons (Fsp3) is 0.632. The minimum atomic E-state index is -1.82. The lowest BCUT2D eigenvalue weighted by atomic mass is 9.93. The third-order valence-electron chi connectivity index (χ3n) is 5.89. The van der Waals surface area contributed by atoms with Crippen molar-refractivity contribution in [2.75, 3.05) is 26.2 Å². The van der Waals surface area contributed by atoms with Crippen molar-refractivity contribution in [1.29, 1.82) is 0 Å². The molecule has 2 heterocycles. The van der Waals surface area contributed by atoms with Crippen LogP contribution >= 0.6 is 0 Å². The van der Waals surface area contributed by atoms with Crippen LogP contribution in [0.1, 0.15) is 31.2 Å². The summed E-state index contributed by atoms with van der Waals surface area (Å²) in [7, 11) is 0. The number of pyridine rings is 1. The highest BCUT2D eigenvalue weighted by Crippen LogP contribution is 2.46. The number of carboxylic acids is 2. The average molecular weight is 361 g/mol. The van der Waals surface area contributed by atoms with E-state index in [1.165, 1.54) is 57.4 Å². The summed E-state index contributed by atoms with van der Waals surface area (Å²) in [6.45, 7) is 6.06. The van der Waals surface area contributed by atoms with Crippen molar-refractivity contribution in [1.82, 2.24) is 14.8 Å². The van der Waals surface area contributed by atoms with Crippen LogP contribution in [0.4, 0.5) is 0 Å². The van der Waals surface area contributed by atoms with Crippen molar-refractivity contribution in [2.45, 2.75) is 38.3 Å². The zero-order valence-corrected chi connectivity index (χ0v) is 15.0. The Bertz CT molecular complexity index is 604. The predicted molar refractivity (Wildman–Crippen MR) is 95.6 cm³/mol. The molecule has 3 aliphatic rings. The lowest BCUT2D eigenvalue weighted by molar-refractivity contribution is -0.159. The fourth-order valence-electron chi connectivity index (χ4n) is 4.66. The molecule has 2 aliphatic carbocycles. The molecular formula is C19H27N3O4. The van der Waals surface area contributed by atoms with Crippen molar-refractivity contribution in [3.8, 4) is 0 Å². The molecule has 0 aromatic carbocycles. The largest absolute Gasteiger partial charge is 0.473 e. The lowest BCUT2D eigenvalue weighted by Crippen LogP contribution is -2.51. The Labute approximate surface area is 153 Å². The maximum atomic E-state index is 9.10. The summed E-state index contributed by atoms with van der Waals surface area (Å²) in [5.41, 5.74) is 1.35. The summed E-state index contributed by atoms with van der Waals surface area (Å²) < 4.78 is 0. The van der Waals surface area contributed by atoms with E-state index >= 15 is 0 Å². The molecule has 1 aliphatic heterocycles. The van der Waals surface area contributed by atoms with Gasteiger partial charge in [-0.25, -0.2) is 9.59 Å². The summed E-state index contributed by atoms with van der Waals surface area (Å²) >= 11 is 0. The van der Waals surface area contributed by atoms with E-state index in [4.69, 9.17) is 19.8 Å². The van der Waals surface area contributed by atoms with Crippen molar-refractivity contribution in [3.05, 3.63) is 30.1 Å². The molecule has 1 aromatic rings. The van der Waals surface area contributed by atoms with Crippen molar-refractivity contribution in [2.24, 2.45) is 11.8 Å². The number of piperazine rings is 1. The van der Waals surface area contributed by atoms with E-state index in [9.17, 15) is 0 Å². The number of carboxylic acid groups (broad SMARTS) is 2. The van der Waals surface area contributed by atoms with Gasteiger partial charge in [-0.15, -0.1) is 0 Å². The van der Waals surface area contributed by atoms with Crippen LogP contribution in [0.15, 0.2) is 24.5 Å². The van der Waals surface area contributed by atoms with Gasteiger partial charge in [0, 0.05) is 51.2 Å². The molecular weight excluding hydrogens is 334 g/mol. The summed E-state index contributed by atoms with van der Waals surface area (Å²) in [5, 5.41) is 14.8. The number of aliphatic carboxylic acids is 2. The second-order valence-corrected chi connectivity index (χ2v) is 7.53. The number of hydrogen-bond donors (Lipinski definition) is 2. The maximum Gasteiger partial charge on any atom is 0.414 e. The smallest absolute Gasteiger partial charge is 0.414 e. The third kappa shape index (κ3) is 4.80. The Hall–Kier alpha value is -1.99. The van der Waals surface area contributed by atoms with Gasteiger partial charge in [-0.2, -0.15) is 0 Å². The Balaban J connectivity index is 0.000000286. The van der Waals surface area contributed by atoms with Gasteiger partial charge >= 0.3 is 11.9 Å². The van der Waals surface area contributed by atoms with Crippen LogP contribution in [0.5, 0.6) is 0 Å². The van der Waals surface area contributed by atoms with Gasteiger partial charge in [0.1, 0.15) is 0 Å². The molecule has 0 radical (unpaired) electrons. The quantitative estimate of drug-likeness (QED) is 0.789. The first-order valence-electron chi connectivity index (χ1n) is 9.34. The lowest BCUT2D eigenvalue weighted by Gasteiger charge is -2.41. The van der Waals surface area contributed by atoms with Crippen LogP contribution in [-0.2, 0) is 16.1 Å². The first-order valence-corrected chi connectivity index (χ1v) is 9.34. The van der Waals surface area contributed by atoms with E-state index in [2.05, 4.69) is 20.9 Å². The van der Waals surface area contributed by atoms with Gasteiger partial charge in [0.05, 0.1) is 0 Å². The normalized spacial score (nSPS) is 28.4. The molecule has 2 N–H and O–H groups in total. The Morgan fingerprint density at radius 3 is 2.31 bits per heavy atom. The van der Waals surface area contributed by atoms with E-state index in [1.54, 1.807) is 0 Å². The number of rotatable bonds is 3. The first kappa shape index (κ1) is 18.8. The maximum absolute atomic E-state index is 9.10. The topological polar surface area (TPSA) is 94.0 Å². The molecule has 26 heavy (non-hydrogen) atoms. The highest BCUT2D eigenvalue weighted by Gasteiger charge is 2.42. The standard InChI is InChI=1S/C17H25N3.C2H2O4/c1-2-15(12-18-5-1)13-19-6-8-20(9-7-19)17-11-14-3-4-16(17)10-14;3-1(4)2(5)6/h1-2,5,12,14,16-17H,3-4,6-11,13H2;(H,3,4)(H,5,6).